The van der Waals surface area contributed by atoms with Crippen molar-refractivity contribution in [3.8, 4) is 0 Å². The van der Waals surface area contributed by atoms with Gasteiger partial charge in [-0.05, 0) is 70.6 Å². The molecule has 37 heavy (non-hydrogen) atoms. The van der Waals surface area contributed by atoms with Crippen LogP contribution in [0.2, 0.25) is 0 Å². The van der Waals surface area contributed by atoms with E-state index >= 15 is 0 Å². The highest BCUT2D eigenvalue weighted by Crippen LogP contribution is 2.27. The molecular weight excluding hydrogens is 486 g/mol. The van der Waals surface area contributed by atoms with E-state index < -0.39 is 23.8 Å². The number of aryl methyl sites for hydroxylation is 2. The first-order valence-electron chi connectivity index (χ1n) is 13.7. The Morgan fingerprint density at radius 1 is 1.08 bits per heavy atom. The normalized spacial score (nSPS) is 16.0. The lowest BCUT2D eigenvalue weighted by atomic mass is 9.94. The molecule has 0 aromatic heterocycles. The fourth-order valence-corrected chi connectivity index (χ4v) is 4.92. The number of hydrogen-bond donors (Lipinski definition) is 3. The topological polar surface area (TPSA) is 87.7 Å². The highest BCUT2D eigenvalue weighted by molar-refractivity contribution is 7.80. The zero-order valence-electron chi connectivity index (χ0n) is 23.6. The summed E-state index contributed by atoms with van der Waals surface area (Å²) < 4.78 is 5.39. The monoisotopic (exact) mass is 533 g/mol. The summed E-state index contributed by atoms with van der Waals surface area (Å²) in [7, 11) is 0. The molecule has 0 bridgehead atoms. The average Bonchev–Trinajstić information content (AvgIpc) is 2.83. The molecule has 0 saturated heterocycles. The van der Waals surface area contributed by atoms with Crippen molar-refractivity contribution >= 4 is 30.5 Å². The number of nitrogens with one attached hydrogen (secondary N) is 2. The Morgan fingerprint density at radius 2 is 1.76 bits per heavy atom. The average molecular weight is 534 g/mol. The first-order chi connectivity index (χ1) is 17.5. The van der Waals surface area contributed by atoms with Gasteiger partial charge in [0.1, 0.15) is 17.7 Å². The van der Waals surface area contributed by atoms with Crippen LogP contribution in [0.1, 0.15) is 102 Å². The summed E-state index contributed by atoms with van der Waals surface area (Å²) in [5, 5.41) is 5.92. The minimum Gasteiger partial charge on any atom is -0.444 e. The lowest BCUT2D eigenvalue weighted by Crippen LogP contribution is -2.54. The highest BCUT2D eigenvalue weighted by atomic mass is 32.1. The van der Waals surface area contributed by atoms with E-state index in [9.17, 15) is 14.4 Å². The summed E-state index contributed by atoms with van der Waals surface area (Å²) in [6.07, 6.45) is 7.28. The van der Waals surface area contributed by atoms with Crippen LogP contribution in [0.3, 0.4) is 0 Å². The van der Waals surface area contributed by atoms with Crippen LogP contribution in [0, 0.1) is 13.8 Å². The highest BCUT2D eigenvalue weighted by Gasteiger charge is 2.36. The van der Waals surface area contributed by atoms with Crippen molar-refractivity contribution in [2.45, 2.75) is 117 Å². The van der Waals surface area contributed by atoms with Crippen LogP contribution < -0.4 is 10.6 Å². The maximum Gasteiger partial charge on any atom is 0.408 e. The molecule has 0 aliphatic heterocycles. The number of rotatable bonds is 11. The molecule has 7 nitrogen and oxygen atoms in total. The quantitative estimate of drug-likeness (QED) is 0.254. The van der Waals surface area contributed by atoms with Gasteiger partial charge in [0.05, 0.1) is 0 Å². The summed E-state index contributed by atoms with van der Waals surface area (Å²) in [6.45, 7) is 11.9. The second-order valence-corrected chi connectivity index (χ2v) is 11.6. The van der Waals surface area contributed by atoms with Gasteiger partial charge in [0.2, 0.25) is 11.8 Å². The molecule has 0 spiro atoms. The van der Waals surface area contributed by atoms with Gasteiger partial charge in [-0.2, -0.15) is 12.6 Å². The van der Waals surface area contributed by atoms with Gasteiger partial charge in [-0.3, -0.25) is 9.59 Å². The van der Waals surface area contributed by atoms with E-state index in [1.54, 1.807) is 25.7 Å². The molecule has 0 radical (unpaired) electrons. The molecule has 1 aromatic rings. The fourth-order valence-electron chi connectivity index (χ4n) is 4.67. The first-order valence-corrected chi connectivity index (χ1v) is 14.4. The lowest BCUT2D eigenvalue weighted by molar-refractivity contribution is -0.142. The van der Waals surface area contributed by atoms with Gasteiger partial charge in [0, 0.05) is 18.3 Å². The molecule has 3 amide bonds. The molecule has 1 fully saturated rings. The van der Waals surface area contributed by atoms with Gasteiger partial charge >= 0.3 is 6.09 Å². The van der Waals surface area contributed by atoms with Crippen molar-refractivity contribution in [2.75, 3.05) is 12.3 Å². The molecule has 1 aromatic carbocycles. The van der Waals surface area contributed by atoms with Crippen LogP contribution in [0.5, 0.6) is 0 Å². The summed E-state index contributed by atoms with van der Waals surface area (Å²) in [4.78, 5) is 42.0. The number of alkyl carbamates (subject to hydrolysis) is 1. The number of hydrogen-bond acceptors (Lipinski definition) is 5. The number of unbranched alkanes of at least 4 members (excludes halogenated alkanes) is 2. The maximum absolute atomic E-state index is 14.0. The number of benzene rings is 1. The van der Waals surface area contributed by atoms with Crippen molar-refractivity contribution in [1.29, 1.82) is 0 Å². The van der Waals surface area contributed by atoms with Crippen LogP contribution in [-0.2, 0) is 14.3 Å². The van der Waals surface area contributed by atoms with Crippen molar-refractivity contribution < 1.29 is 19.1 Å². The summed E-state index contributed by atoms with van der Waals surface area (Å²) >= 11 is 4.37. The predicted octanol–water partition coefficient (Wildman–Crippen LogP) is 5.64. The zero-order valence-corrected chi connectivity index (χ0v) is 24.5. The third-order valence-corrected chi connectivity index (χ3v) is 7.18. The fraction of sp³-hybridized carbons (Fsp3) is 0.690. The van der Waals surface area contributed by atoms with E-state index in [2.05, 4.69) is 30.2 Å². The van der Waals surface area contributed by atoms with E-state index in [1.165, 1.54) is 6.42 Å². The number of ether oxygens (including phenoxy) is 1. The van der Waals surface area contributed by atoms with Crippen molar-refractivity contribution in [2.24, 2.45) is 0 Å². The minimum absolute atomic E-state index is 0.0895. The standard InChI is InChI=1S/C29H47N3O4S/c1-7-8-12-17-32(27(34)24(19-37)31-28(35)36-29(4,5)6)25(22-16-15-20(2)21(3)18-22)26(33)30-23-13-10-9-11-14-23/h15-16,18,23-25,37H,7-14,17,19H2,1-6H3,(H,30,33)(H,31,35). The van der Waals surface area contributed by atoms with Gasteiger partial charge in [0.25, 0.3) is 0 Å². The Morgan fingerprint density at radius 3 is 2.32 bits per heavy atom. The molecule has 2 rings (SSSR count). The molecule has 2 N–H and O–H groups in total. The van der Waals surface area contributed by atoms with Crippen LogP contribution in [-0.4, -0.2) is 52.8 Å². The minimum atomic E-state index is -0.920. The zero-order chi connectivity index (χ0) is 27.6. The second kappa shape index (κ2) is 14.6. The Hall–Kier alpha value is -2.22. The van der Waals surface area contributed by atoms with E-state index in [0.717, 1.165) is 61.6 Å². The molecular formula is C29H47N3O4S. The number of amides is 3. The molecule has 2 atom stereocenters. The maximum atomic E-state index is 14.0. The van der Waals surface area contributed by atoms with E-state index in [-0.39, 0.29) is 23.6 Å². The van der Waals surface area contributed by atoms with E-state index in [1.807, 2.05) is 32.0 Å². The molecule has 1 aliphatic carbocycles. The summed E-state index contributed by atoms with van der Waals surface area (Å²) in [5.74, 6) is -0.416. The third-order valence-electron chi connectivity index (χ3n) is 6.82. The Bertz CT molecular complexity index is 909. The second-order valence-electron chi connectivity index (χ2n) is 11.2. The molecule has 1 aliphatic rings. The van der Waals surface area contributed by atoms with E-state index in [4.69, 9.17) is 4.74 Å². The van der Waals surface area contributed by atoms with Gasteiger partial charge in [0.15, 0.2) is 0 Å². The van der Waals surface area contributed by atoms with Gasteiger partial charge in [-0.15, -0.1) is 0 Å². The van der Waals surface area contributed by atoms with Crippen molar-refractivity contribution in [3.63, 3.8) is 0 Å². The van der Waals surface area contributed by atoms with Crippen LogP contribution in [0.25, 0.3) is 0 Å². The Balaban J connectivity index is 2.43. The number of nitrogens with zero attached hydrogens (tertiary/aromatic N) is 1. The van der Waals surface area contributed by atoms with E-state index in [0.29, 0.717) is 6.54 Å². The summed E-state index contributed by atoms with van der Waals surface area (Å²) in [6, 6.07) is 4.32. The summed E-state index contributed by atoms with van der Waals surface area (Å²) in [5.41, 5.74) is 2.26. The first kappa shape index (κ1) is 31.0. The van der Waals surface area contributed by atoms with Gasteiger partial charge < -0.3 is 20.3 Å². The molecule has 208 valence electrons. The number of carbonyl (C=O) groups excluding carboxylic acids is 3. The predicted molar refractivity (Wildman–Crippen MR) is 152 cm³/mol. The Kier molecular flexibility index (Phi) is 12.3. The molecule has 0 heterocycles. The number of carbonyl (C=O) groups is 3. The van der Waals surface area contributed by atoms with Crippen LogP contribution >= 0.6 is 12.6 Å². The van der Waals surface area contributed by atoms with Gasteiger partial charge in [-0.1, -0.05) is 57.2 Å². The molecule has 2 unspecified atom stereocenters. The van der Waals surface area contributed by atoms with Crippen LogP contribution in [0.4, 0.5) is 4.79 Å². The SMILES string of the molecule is CCCCCN(C(=O)C(CS)NC(=O)OC(C)(C)C)C(C(=O)NC1CCCCC1)c1ccc(C)c(C)c1. The van der Waals surface area contributed by atoms with Crippen LogP contribution in [0.15, 0.2) is 18.2 Å². The molecule has 8 heteroatoms. The third kappa shape index (κ3) is 9.87. The number of thiol groups is 1. The smallest absolute Gasteiger partial charge is 0.408 e. The van der Waals surface area contributed by atoms with Crippen molar-refractivity contribution in [3.05, 3.63) is 34.9 Å². The van der Waals surface area contributed by atoms with Gasteiger partial charge in [-0.25, -0.2) is 4.79 Å². The Labute approximate surface area is 228 Å². The molecule has 1 saturated carbocycles. The lowest BCUT2D eigenvalue weighted by Gasteiger charge is -2.35. The largest absolute Gasteiger partial charge is 0.444 e. The van der Waals surface area contributed by atoms with Crippen molar-refractivity contribution in [1.82, 2.24) is 15.5 Å².